The second-order valence-corrected chi connectivity index (χ2v) is 3.48. The van der Waals surface area contributed by atoms with Gasteiger partial charge in [0.2, 0.25) is 11.7 Å². The van der Waals surface area contributed by atoms with Crippen molar-refractivity contribution in [3.05, 3.63) is 33.9 Å². The summed E-state index contributed by atoms with van der Waals surface area (Å²) in [5.41, 5.74) is -1.57. The van der Waals surface area contributed by atoms with Crippen LogP contribution in [0.3, 0.4) is 0 Å². The summed E-state index contributed by atoms with van der Waals surface area (Å²) in [6.07, 6.45) is -0.906. The summed E-state index contributed by atoms with van der Waals surface area (Å²) in [6, 6.07) is 0.800. The average Bonchev–Trinajstić information content (AvgIpc) is 2.29. The Hall–Kier alpha value is -2.58. The number of rotatable bonds is 5. The number of halogens is 2. The number of benzene rings is 1. The molecule has 0 aromatic heterocycles. The summed E-state index contributed by atoms with van der Waals surface area (Å²) in [7, 11) is 0. The van der Waals surface area contributed by atoms with Crippen LogP contribution in [-0.2, 0) is 9.59 Å². The third kappa shape index (κ3) is 3.98. The molecule has 0 saturated carbocycles. The minimum absolute atomic E-state index is 0.269. The van der Waals surface area contributed by atoms with Crippen molar-refractivity contribution in [3.63, 3.8) is 0 Å². The number of nitro benzene ring substituents is 1. The summed E-state index contributed by atoms with van der Waals surface area (Å²) in [6.45, 7) is 0. The van der Waals surface area contributed by atoms with Crippen LogP contribution in [0, 0.1) is 21.7 Å². The van der Waals surface area contributed by atoms with Crippen LogP contribution in [0.1, 0.15) is 12.8 Å². The van der Waals surface area contributed by atoms with Gasteiger partial charge in [0.1, 0.15) is 5.82 Å². The molecule has 0 aliphatic carbocycles. The Morgan fingerprint density at radius 1 is 1.26 bits per heavy atom. The first-order valence-corrected chi connectivity index (χ1v) is 4.96. The second kappa shape index (κ2) is 5.85. The Balaban J connectivity index is 2.89. The molecule has 0 aliphatic rings. The fourth-order valence-electron chi connectivity index (χ4n) is 1.21. The summed E-state index contributed by atoms with van der Waals surface area (Å²) in [5.74, 6) is -4.62. The van der Waals surface area contributed by atoms with E-state index in [1.807, 2.05) is 5.32 Å². The number of amides is 1. The molecule has 9 heteroatoms. The van der Waals surface area contributed by atoms with Crippen molar-refractivity contribution in [3.8, 4) is 0 Å². The number of nitrogens with one attached hydrogen (secondary N) is 1. The molecule has 19 heavy (non-hydrogen) atoms. The summed E-state index contributed by atoms with van der Waals surface area (Å²) in [4.78, 5) is 30.8. The lowest BCUT2D eigenvalue weighted by Crippen LogP contribution is -2.14. The van der Waals surface area contributed by atoms with E-state index in [1.54, 1.807) is 0 Å². The lowest BCUT2D eigenvalue weighted by atomic mass is 10.2. The Kier molecular flexibility index (Phi) is 4.46. The number of nitrogens with zero attached hydrogens (tertiary/aromatic N) is 1. The molecular formula is C10H8F2N2O5. The summed E-state index contributed by atoms with van der Waals surface area (Å²) < 4.78 is 26.3. The predicted octanol–water partition coefficient (Wildman–Crippen LogP) is 1.68. The minimum Gasteiger partial charge on any atom is -0.481 e. The van der Waals surface area contributed by atoms with Gasteiger partial charge in [-0.25, -0.2) is 4.39 Å². The number of carbonyl (C=O) groups is 2. The molecule has 1 rings (SSSR count). The summed E-state index contributed by atoms with van der Waals surface area (Å²) in [5, 5.41) is 20.7. The van der Waals surface area contributed by atoms with E-state index in [0.717, 1.165) is 0 Å². The zero-order valence-corrected chi connectivity index (χ0v) is 9.35. The van der Waals surface area contributed by atoms with Crippen molar-refractivity contribution in [2.45, 2.75) is 12.8 Å². The predicted molar refractivity (Wildman–Crippen MR) is 58.5 cm³/mol. The molecule has 7 nitrogen and oxygen atoms in total. The average molecular weight is 274 g/mol. The van der Waals surface area contributed by atoms with Gasteiger partial charge in [-0.05, 0) is 0 Å². The molecule has 0 unspecified atom stereocenters. The van der Waals surface area contributed by atoms with Crippen molar-refractivity contribution in [2.24, 2.45) is 0 Å². The molecule has 0 spiro atoms. The first-order chi connectivity index (χ1) is 8.81. The fourth-order valence-corrected chi connectivity index (χ4v) is 1.21. The van der Waals surface area contributed by atoms with E-state index in [1.165, 1.54) is 0 Å². The zero-order valence-electron chi connectivity index (χ0n) is 9.35. The van der Waals surface area contributed by atoms with Crippen LogP contribution in [0.4, 0.5) is 20.2 Å². The van der Waals surface area contributed by atoms with Gasteiger partial charge in [0.25, 0.3) is 0 Å². The quantitative estimate of drug-likeness (QED) is 0.627. The third-order valence-corrected chi connectivity index (χ3v) is 2.07. The molecule has 0 saturated heterocycles. The van der Waals surface area contributed by atoms with Gasteiger partial charge in [0, 0.05) is 18.6 Å². The Bertz CT molecular complexity index is 547. The molecule has 0 bridgehead atoms. The van der Waals surface area contributed by atoms with E-state index in [2.05, 4.69) is 0 Å². The molecule has 0 radical (unpaired) electrons. The SMILES string of the molecule is O=C(O)CCC(=O)Nc1cc([N+](=O)[O-])c(F)cc1F. The Labute approximate surface area is 105 Å². The van der Waals surface area contributed by atoms with Crippen LogP contribution in [0.2, 0.25) is 0 Å². The van der Waals surface area contributed by atoms with Gasteiger partial charge in [-0.15, -0.1) is 0 Å². The number of carboxylic acids is 1. The topological polar surface area (TPSA) is 110 Å². The van der Waals surface area contributed by atoms with Crippen molar-refractivity contribution in [2.75, 3.05) is 5.32 Å². The van der Waals surface area contributed by atoms with E-state index in [9.17, 15) is 28.5 Å². The largest absolute Gasteiger partial charge is 0.481 e. The second-order valence-electron chi connectivity index (χ2n) is 3.48. The molecule has 102 valence electrons. The Morgan fingerprint density at radius 3 is 2.42 bits per heavy atom. The number of carboxylic acid groups (broad SMARTS) is 1. The Morgan fingerprint density at radius 2 is 1.89 bits per heavy atom. The summed E-state index contributed by atoms with van der Waals surface area (Å²) >= 11 is 0. The molecule has 0 aliphatic heterocycles. The van der Waals surface area contributed by atoms with Gasteiger partial charge in [0.05, 0.1) is 17.0 Å². The molecule has 1 amide bonds. The highest BCUT2D eigenvalue weighted by atomic mass is 19.1. The van der Waals surface area contributed by atoms with Gasteiger partial charge >= 0.3 is 11.7 Å². The third-order valence-electron chi connectivity index (χ3n) is 2.07. The van der Waals surface area contributed by atoms with E-state index in [4.69, 9.17) is 5.11 Å². The zero-order chi connectivity index (χ0) is 14.6. The molecule has 1 aromatic rings. The maximum absolute atomic E-state index is 13.3. The number of hydrogen-bond donors (Lipinski definition) is 2. The van der Waals surface area contributed by atoms with E-state index < -0.39 is 52.7 Å². The maximum atomic E-state index is 13.3. The van der Waals surface area contributed by atoms with E-state index in [-0.39, 0.29) is 6.07 Å². The van der Waals surface area contributed by atoms with E-state index >= 15 is 0 Å². The normalized spacial score (nSPS) is 10.0. The van der Waals surface area contributed by atoms with Crippen molar-refractivity contribution in [1.29, 1.82) is 0 Å². The molecular weight excluding hydrogens is 266 g/mol. The van der Waals surface area contributed by atoms with Crippen LogP contribution < -0.4 is 5.32 Å². The number of hydrogen-bond acceptors (Lipinski definition) is 4. The fraction of sp³-hybridized carbons (Fsp3) is 0.200. The van der Waals surface area contributed by atoms with Crippen LogP contribution in [-0.4, -0.2) is 21.9 Å². The maximum Gasteiger partial charge on any atom is 0.307 e. The first kappa shape index (κ1) is 14.5. The lowest BCUT2D eigenvalue weighted by Gasteiger charge is -2.06. The minimum atomic E-state index is -1.37. The van der Waals surface area contributed by atoms with Crippen molar-refractivity contribution in [1.82, 2.24) is 0 Å². The monoisotopic (exact) mass is 274 g/mol. The van der Waals surface area contributed by atoms with Crippen LogP contribution >= 0.6 is 0 Å². The number of aliphatic carboxylic acids is 1. The first-order valence-electron chi connectivity index (χ1n) is 4.96. The standard InChI is InChI=1S/C10H8F2N2O5/c11-5-3-6(12)8(14(18)19)4-7(5)13-9(15)1-2-10(16)17/h3-4H,1-2H2,(H,13,15)(H,16,17). The van der Waals surface area contributed by atoms with Gasteiger partial charge in [-0.1, -0.05) is 0 Å². The number of nitro groups is 1. The van der Waals surface area contributed by atoms with E-state index in [0.29, 0.717) is 6.07 Å². The molecule has 2 N–H and O–H groups in total. The lowest BCUT2D eigenvalue weighted by molar-refractivity contribution is -0.387. The smallest absolute Gasteiger partial charge is 0.307 e. The highest BCUT2D eigenvalue weighted by Crippen LogP contribution is 2.25. The van der Waals surface area contributed by atoms with Gasteiger partial charge in [0.15, 0.2) is 0 Å². The molecule has 0 heterocycles. The molecule has 1 aromatic carbocycles. The van der Waals surface area contributed by atoms with Crippen LogP contribution in [0.25, 0.3) is 0 Å². The van der Waals surface area contributed by atoms with Gasteiger partial charge < -0.3 is 10.4 Å². The van der Waals surface area contributed by atoms with Gasteiger partial charge in [-0.2, -0.15) is 4.39 Å². The van der Waals surface area contributed by atoms with Crippen molar-refractivity contribution < 1.29 is 28.4 Å². The van der Waals surface area contributed by atoms with Gasteiger partial charge in [-0.3, -0.25) is 19.7 Å². The number of anilines is 1. The molecule has 0 atom stereocenters. The van der Waals surface area contributed by atoms with Crippen LogP contribution in [0.15, 0.2) is 12.1 Å². The van der Waals surface area contributed by atoms with Crippen LogP contribution in [0.5, 0.6) is 0 Å². The highest BCUT2D eigenvalue weighted by Gasteiger charge is 2.19. The molecule has 0 fully saturated rings. The highest BCUT2D eigenvalue weighted by molar-refractivity contribution is 5.92. The van der Waals surface area contributed by atoms with Crippen molar-refractivity contribution >= 4 is 23.3 Å². The number of carbonyl (C=O) groups excluding carboxylic acids is 1.